The molecule has 0 aliphatic carbocycles. The average Bonchev–Trinajstić information content (AvgIpc) is 4.00. The molecule has 4 atom stereocenters. The van der Waals surface area contributed by atoms with Crippen LogP contribution in [0.25, 0.3) is 33.5 Å². The first-order valence-electron chi connectivity index (χ1n) is 19.5. The van der Waals surface area contributed by atoms with Gasteiger partial charge in [-0.2, -0.15) is 11.8 Å². The number of hydrogen-bond acceptors (Lipinski definition) is 17. The van der Waals surface area contributed by atoms with Crippen LogP contribution in [-0.4, -0.2) is 135 Å². The van der Waals surface area contributed by atoms with E-state index in [9.17, 15) is 43.8 Å². The Hall–Kier alpha value is -5.97. The SMILES string of the molecule is C=C(NC1Cc2ccc(O)c(c2)-c2nc3c(ccc4[nH]cc(c43)CC(C(=O)O)NNCC(=O)C(=O)CNN3CCC[C@H]3C(=O)C(=O)CNC(=O)CNC1=O)o2)[C@@H](N)CCSC. The van der Waals surface area contributed by atoms with Crippen molar-refractivity contribution in [3.05, 3.63) is 59.9 Å². The summed E-state index contributed by atoms with van der Waals surface area (Å²) in [6.07, 6.45) is 4.86. The zero-order chi connectivity index (χ0) is 43.8. The number of hydrogen-bond donors (Lipinski definition) is 10. The second-order valence-electron chi connectivity index (χ2n) is 14.7. The van der Waals surface area contributed by atoms with Crippen molar-refractivity contribution in [1.29, 1.82) is 0 Å². The number of Topliss-reactive ketones (excluding diaryl/α,β-unsaturated/α-hetero) is 4. The van der Waals surface area contributed by atoms with E-state index in [2.05, 4.69) is 43.8 Å². The number of aliphatic carboxylic acids is 1. The number of benzene rings is 2. The van der Waals surface area contributed by atoms with E-state index < -0.39 is 91.3 Å². The lowest BCUT2D eigenvalue weighted by atomic mass is 10.0. The molecule has 324 valence electrons. The maximum Gasteiger partial charge on any atom is 0.322 e. The number of rotatable bonds is 7. The lowest BCUT2D eigenvalue weighted by molar-refractivity contribution is -0.141. The quantitative estimate of drug-likeness (QED) is 0.103. The first-order valence-corrected chi connectivity index (χ1v) is 20.9. The first kappa shape index (κ1) is 44.6. The molecule has 4 aromatic rings. The van der Waals surface area contributed by atoms with Crippen LogP contribution in [-0.2, 0) is 46.4 Å². The maximum absolute atomic E-state index is 13.7. The number of aromatic amines is 1. The van der Waals surface area contributed by atoms with E-state index in [1.54, 1.807) is 42.2 Å². The van der Waals surface area contributed by atoms with Crippen LogP contribution in [0.15, 0.2) is 53.2 Å². The van der Waals surface area contributed by atoms with Gasteiger partial charge in [-0.1, -0.05) is 12.6 Å². The number of aromatic hydroxyl groups is 1. The Kier molecular flexibility index (Phi) is 14.7. The zero-order valence-electron chi connectivity index (χ0n) is 33.3. The number of carbonyl (C=O) groups is 7. The number of nitrogens with zero attached hydrogens (tertiary/aromatic N) is 2. The van der Waals surface area contributed by atoms with Gasteiger partial charge in [0.1, 0.15) is 23.3 Å². The summed E-state index contributed by atoms with van der Waals surface area (Å²) < 4.78 is 6.12. The molecular weight excluding hydrogens is 813 g/mol. The van der Waals surface area contributed by atoms with Crippen LogP contribution in [0.4, 0.5) is 0 Å². The Bertz CT molecular complexity index is 2360. The smallest absolute Gasteiger partial charge is 0.322 e. The van der Waals surface area contributed by atoms with Gasteiger partial charge in [-0.3, -0.25) is 33.6 Å². The number of H-pyrrole nitrogens is 1. The van der Waals surface area contributed by atoms with Crippen molar-refractivity contribution in [3.8, 4) is 17.2 Å². The van der Waals surface area contributed by atoms with Crippen LogP contribution in [0.1, 0.15) is 30.4 Å². The number of amides is 2. The van der Waals surface area contributed by atoms with Gasteiger partial charge in [-0.25, -0.2) is 26.3 Å². The molecule has 0 spiro atoms. The largest absolute Gasteiger partial charge is 0.507 e. The molecule has 0 radical (unpaired) electrons. The Balaban J connectivity index is 1.31. The van der Waals surface area contributed by atoms with Crippen molar-refractivity contribution in [2.24, 2.45) is 5.73 Å². The highest BCUT2D eigenvalue weighted by molar-refractivity contribution is 7.98. The molecule has 2 aromatic heterocycles. The number of ketones is 4. The van der Waals surface area contributed by atoms with E-state index in [1.807, 2.05) is 6.26 Å². The molecule has 1 saturated heterocycles. The van der Waals surface area contributed by atoms with E-state index >= 15 is 0 Å². The molecule has 0 saturated carbocycles. The van der Waals surface area contributed by atoms with Crippen molar-refractivity contribution in [3.63, 3.8) is 0 Å². The summed E-state index contributed by atoms with van der Waals surface area (Å²) in [5.74, 6) is -5.44. The minimum atomic E-state index is -1.27. The molecule has 20 nitrogen and oxygen atoms in total. The number of nitrogens with one attached hydrogen (secondary N) is 7. The summed E-state index contributed by atoms with van der Waals surface area (Å²) in [7, 11) is 0. The van der Waals surface area contributed by atoms with Crippen molar-refractivity contribution in [2.75, 3.05) is 44.7 Å². The van der Waals surface area contributed by atoms with Gasteiger partial charge < -0.3 is 41.3 Å². The van der Waals surface area contributed by atoms with Crippen molar-refractivity contribution >= 4 is 74.7 Å². The van der Waals surface area contributed by atoms with Crippen LogP contribution in [0.3, 0.4) is 0 Å². The van der Waals surface area contributed by atoms with Crippen LogP contribution in [0.2, 0.25) is 0 Å². The van der Waals surface area contributed by atoms with Gasteiger partial charge in [0.25, 0.3) is 0 Å². The van der Waals surface area contributed by atoms with Gasteiger partial charge in [0.2, 0.25) is 40.8 Å². The van der Waals surface area contributed by atoms with Gasteiger partial charge in [0, 0.05) is 48.2 Å². The Morgan fingerprint density at radius 2 is 1.84 bits per heavy atom. The van der Waals surface area contributed by atoms with Crippen LogP contribution in [0.5, 0.6) is 5.75 Å². The number of oxazole rings is 1. The number of phenolic OH excluding ortho intramolecular Hbond substituents is 1. The third kappa shape index (κ3) is 10.9. The molecule has 2 amide bonds. The van der Waals surface area contributed by atoms with Gasteiger partial charge in [0.05, 0.1) is 37.8 Å². The third-order valence-electron chi connectivity index (χ3n) is 10.5. The summed E-state index contributed by atoms with van der Waals surface area (Å²) >= 11 is 1.60. The van der Waals surface area contributed by atoms with Crippen LogP contribution < -0.4 is 38.0 Å². The van der Waals surface area contributed by atoms with E-state index in [0.717, 1.165) is 5.75 Å². The van der Waals surface area contributed by atoms with Gasteiger partial charge in [-0.05, 0) is 66.7 Å². The number of thioether (sulfide) groups is 1. The number of nitrogens with two attached hydrogens (primary N) is 1. The van der Waals surface area contributed by atoms with E-state index in [1.165, 1.54) is 11.1 Å². The highest BCUT2D eigenvalue weighted by atomic mass is 32.2. The fourth-order valence-electron chi connectivity index (χ4n) is 7.11. The minimum absolute atomic E-state index is 0.0230. The fourth-order valence-corrected chi connectivity index (χ4v) is 7.60. The molecule has 2 aliphatic rings. The summed E-state index contributed by atoms with van der Waals surface area (Å²) in [5, 5.41) is 31.1. The molecule has 2 aromatic carbocycles. The fraction of sp³-hybridized carbons (Fsp3) is 0.400. The normalized spacial score (nSPS) is 21.4. The first-order chi connectivity index (χ1) is 29.2. The summed E-state index contributed by atoms with van der Waals surface area (Å²) in [5.41, 5.74) is 17.2. The number of carbonyl (C=O) groups excluding carboxylic acids is 6. The monoisotopic (exact) mass is 860 g/mol. The lowest BCUT2D eigenvalue weighted by Crippen LogP contribution is -2.52. The van der Waals surface area contributed by atoms with Gasteiger partial charge >= 0.3 is 5.97 Å². The average molecular weight is 861 g/mol. The van der Waals surface area contributed by atoms with Crippen molar-refractivity contribution < 1.29 is 48.2 Å². The van der Waals surface area contributed by atoms with Gasteiger partial charge in [-0.15, -0.1) is 0 Å². The van der Waals surface area contributed by atoms with Crippen molar-refractivity contribution in [1.82, 2.24) is 47.2 Å². The highest BCUT2D eigenvalue weighted by Gasteiger charge is 2.35. The Labute approximate surface area is 353 Å². The summed E-state index contributed by atoms with van der Waals surface area (Å²) in [6.45, 7) is 2.13. The van der Waals surface area contributed by atoms with Gasteiger partial charge in [0.15, 0.2) is 5.58 Å². The van der Waals surface area contributed by atoms with E-state index in [-0.39, 0.29) is 36.5 Å². The molecule has 4 bridgehead atoms. The number of carboxylic acid groups (broad SMARTS) is 1. The molecule has 11 N–H and O–H groups in total. The molecule has 4 heterocycles. The number of phenols is 1. The standard InChI is InChI=1S/C40H48N10O10S/c1-20(24(41)9-11-61-2)47-26-13-21-5-7-29(51)23(12-21)39-48-36-33(60-39)8-6-25-35(36)22(15-42-25)14-27(40(58)59)49-45-17-30(52)31(53)18-46-50-10-3-4-28(50)37(56)32(54)16-43-34(55)19-44-38(26)57/h5-8,12,15,24,26-28,42,45-47,49,51H,1,3-4,9-11,13-14,16-19,41H2,2H3,(H,43,55)(H,44,57)(H,58,59)/t24-,26?,27?,28-/m0/s1. The van der Waals surface area contributed by atoms with E-state index in [4.69, 9.17) is 15.1 Å². The number of hydrazine groups is 2. The number of fused-ring (bicyclic) bond motifs is 5. The molecule has 21 heteroatoms. The highest BCUT2D eigenvalue weighted by Crippen LogP contribution is 2.36. The molecule has 2 unspecified atom stereocenters. The summed E-state index contributed by atoms with van der Waals surface area (Å²) in [6, 6.07) is 4.30. The van der Waals surface area contributed by atoms with Crippen LogP contribution >= 0.6 is 11.8 Å². The number of aromatic nitrogens is 2. The third-order valence-corrected chi connectivity index (χ3v) is 11.1. The number of carboxylic acids is 1. The Morgan fingerprint density at radius 3 is 2.61 bits per heavy atom. The molecule has 6 rings (SSSR count). The van der Waals surface area contributed by atoms with Crippen molar-refractivity contribution in [2.45, 2.75) is 56.3 Å². The topological polar surface area (TPSA) is 303 Å². The predicted octanol–water partition coefficient (Wildman–Crippen LogP) is -0.642. The Morgan fingerprint density at radius 1 is 1.05 bits per heavy atom. The second kappa shape index (κ2) is 20.1. The predicted molar refractivity (Wildman–Crippen MR) is 224 cm³/mol. The minimum Gasteiger partial charge on any atom is -0.507 e. The van der Waals surface area contributed by atoms with E-state index in [0.29, 0.717) is 58.2 Å². The lowest BCUT2D eigenvalue weighted by Gasteiger charge is -2.24. The maximum atomic E-state index is 13.7. The molecule has 61 heavy (non-hydrogen) atoms. The van der Waals surface area contributed by atoms with Crippen LogP contribution in [0, 0.1) is 0 Å². The second-order valence-corrected chi connectivity index (χ2v) is 15.7. The zero-order valence-corrected chi connectivity index (χ0v) is 34.1. The molecular formula is C40H48N10O10S. The molecule has 1 fully saturated rings. The molecule has 2 aliphatic heterocycles. The summed E-state index contributed by atoms with van der Waals surface area (Å²) in [4.78, 5) is 98.1.